The molecular formula is C17H17ClN4O4S2. The third-order valence-electron chi connectivity index (χ3n) is 3.48. The summed E-state index contributed by atoms with van der Waals surface area (Å²) in [6, 6.07) is 6.89. The van der Waals surface area contributed by atoms with Crippen LogP contribution in [0.2, 0.25) is 5.02 Å². The zero-order valence-electron chi connectivity index (χ0n) is 15.0. The summed E-state index contributed by atoms with van der Waals surface area (Å²) in [7, 11) is 3.01. The van der Waals surface area contributed by atoms with Crippen LogP contribution >= 0.6 is 34.7 Å². The molecule has 0 unspecified atom stereocenters. The molecule has 0 aliphatic carbocycles. The second kappa shape index (κ2) is 9.67. The number of thioether (sulfide) groups is 1. The van der Waals surface area contributed by atoms with Crippen molar-refractivity contribution in [3.63, 3.8) is 0 Å². The first kappa shape index (κ1) is 20.3. The van der Waals surface area contributed by atoms with Gasteiger partial charge in [0.15, 0.2) is 4.34 Å². The number of nitrogens with one attached hydrogen (secondary N) is 2. The van der Waals surface area contributed by atoms with E-state index in [0.717, 1.165) is 5.76 Å². The largest absolute Gasteiger partial charge is 0.495 e. The minimum Gasteiger partial charge on any atom is -0.495 e. The Morgan fingerprint density at radius 1 is 1.29 bits per heavy atom. The van der Waals surface area contributed by atoms with Gasteiger partial charge in [0.25, 0.3) is 0 Å². The lowest BCUT2D eigenvalue weighted by atomic mass is 10.2. The predicted octanol–water partition coefficient (Wildman–Crippen LogP) is 4.14. The summed E-state index contributed by atoms with van der Waals surface area (Å²) in [5.41, 5.74) is 0.469. The highest BCUT2D eigenvalue weighted by molar-refractivity contribution is 8.01. The fraction of sp³-hybridized carbons (Fsp3) is 0.235. The number of furan rings is 1. The van der Waals surface area contributed by atoms with E-state index in [2.05, 4.69) is 20.8 Å². The van der Waals surface area contributed by atoms with Crippen molar-refractivity contribution in [2.24, 2.45) is 0 Å². The molecule has 28 heavy (non-hydrogen) atoms. The second-order valence-corrected chi connectivity index (χ2v) is 7.94. The van der Waals surface area contributed by atoms with Gasteiger partial charge >= 0.3 is 0 Å². The smallest absolute Gasteiger partial charge is 0.234 e. The highest BCUT2D eigenvalue weighted by Gasteiger charge is 2.14. The first-order valence-corrected chi connectivity index (χ1v) is 10.2. The summed E-state index contributed by atoms with van der Waals surface area (Å²) >= 11 is 8.77. The van der Waals surface area contributed by atoms with Gasteiger partial charge in [-0.05, 0) is 18.2 Å². The Hall–Kier alpha value is -2.43. The number of ether oxygens (including phenoxy) is 2. The molecule has 2 heterocycles. The van der Waals surface area contributed by atoms with Crippen molar-refractivity contribution in [1.82, 2.24) is 10.2 Å². The van der Waals surface area contributed by atoms with Crippen LogP contribution in [-0.4, -0.2) is 36.1 Å². The number of hydrogen-bond donors (Lipinski definition) is 2. The van der Waals surface area contributed by atoms with E-state index in [4.69, 9.17) is 25.5 Å². The lowest BCUT2D eigenvalue weighted by Gasteiger charge is -2.12. The molecule has 3 aromatic rings. The number of rotatable bonds is 9. The summed E-state index contributed by atoms with van der Waals surface area (Å²) in [5, 5.41) is 15.0. The molecule has 0 saturated heterocycles. The molecule has 148 valence electrons. The van der Waals surface area contributed by atoms with Crippen LogP contribution in [0.15, 0.2) is 39.3 Å². The Labute approximate surface area is 174 Å². The zero-order valence-corrected chi connectivity index (χ0v) is 17.4. The summed E-state index contributed by atoms with van der Waals surface area (Å²) in [4.78, 5) is 12.3. The number of anilines is 2. The summed E-state index contributed by atoms with van der Waals surface area (Å²) < 4.78 is 16.3. The van der Waals surface area contributed by atoms with Crippen molar-refractivity contribution in [1.29, 1.82) is 0 Å². The lowest BCUT2D eigenvalue weighted by Crippen LogP contribution is -2.14. The Bertz CT molecular complexity index is 933. The summed E-state index contributed by atoms with van der Waals surface area (Å²) in [5.74, 6) is 1.68. The van der Waals surface area contributed by atoms with Crippen molar-refractivity contribution < 1.29 is 18.7 Å². The van der Waals surface area contributed by atoms with Gasteiger partial charge in [-0.3, -0.25) is 4.79 Å². The van der Waals surface area contributed by atoms with E-state index in [0.29, 0.717) is 38.2 Å². The van der Waals surface area contributed by atoms with Gasteiger partial charge in [-0.15, -0.1) is 10.2 Å². The molecule has 0 saturated carbocycles. The molecule has 0 bridgehead atoms. The average molecular weight is 441 g/mol. The Morgan fingerprint density at radius 2 is 2.11 bits per heavy atom. The number of benzene rings is 1. The van der Waals surface area contributed by atoms with E-state index in [1.807, 2.05) is 12.1 Å². The minimum atomic E-state index is -0.218. The number of halogens is 1. The van der Waals surface area contributed by atoms with Crippen LogP contribution < -0.4 is 20.1 Å². The topological polar surface area (TPSA) is 98.5 Å². The van der Waals surface area contributed by atoms with Crippen LogP contribution in [0.3, 0.4) is 0 Å². The first-order valence-electron chi connectivity index (χ1n) is 8.03. The van der Waals surface area contributed by atoms with Gasteiger partial charge in [0, 0.05) is 6.07 Å². The molecular weight excluding hydrogens is 424 g/mol. The Balaban J connectivity index is 1.52. The third kappa shape index (κ3) is 5.31. The molecule has 8 nitrogen and oxygen atoms in total. The lowest BCUT2D eigenvalue weighted by molar-refractivity contribution is -0.113. The molecule has 11 heteroatoms. The van der Waals surface area contributed by atoms with E-state index in [1.165, 1.54) is 37.3 Å². The van der Waals surface area contributed by atoms with Gasteiger partial charge in [-0.1, -0.05) is 34.7 Å². The Kier molecular flexibility index (Phi) is 7.01. The van der Waals surface area contributed by atoms with Crippen molar-refractivity contribution >= 4 is 51.4 Å². The molecule has 2 N–H and O–H groups in total. The number of aromatic nitrogens is 2. The Morgan fingerprint density at radius 3 is 2.82 bits per heavy atom. The molecule has 0 aliphatic heterocycles. The van der Waals surface area contributed by atoms with Crippen molar-refractivity contribution in [2.45, 2.75) is 10.9 Å². The molecule has 0 atom stereocenters. The quantitative estimate of drug-likeness (QED) is 0.479. The normalized spacial score (nSPS) is 10.5. The number of carbonyl (C=O) groups is 1. The molecule has 1 aromatic carbocycles. The van der Waals surface area contributed by atoms with Crippen molar-refractivity contribution in [3.8, 4) is 11.5 Å². The van der Waals surface area contributed by atoms with Gasteiger partial charge in [0.2, 0.25) is 11.0 Å². The van der Waals surface area contributed by atoms with Gasteiger partial charge in [-0.2, -0.15) is 0 Å². The third-order valence-corrected chi connectivity index (χ3v) is 5.78. The SMILES string of the molecule is COc1cc(OC)c(NC(=O)CSc2nnc(NCc3ccco3)s2)cc1Cl. The van der Waals surface area contributed by atoms with E-state index in [-0.39, 0.29) is 11.7 Å². The maximum atomic E-state index is 12.3. The van der Waals surface area contributed by atoms with Gasteiger partial charge in [-0.25, -0.2) is 0 Å². The van der Waals surface area contributed by atoms with E-state index < -0.39 is 0 Å². The fourth-order valence-electron chi connectivity index (χ4n) is 2.19. The highest BCUT2D eigenvalue weighted by atomic mass is 35.5. The van der Waals surface area contributed by atoms with E-state index in [9.17, 15) is 4.79 Å². The highest BCUT2D eigenvalue weighted by Crippen LogP contribution is 2.36. The molecule has 0 spiro atoms. The number of amides is 1. The van der Waals surface area contributed by atoms with Gasteiger partial charge < -0.3 is 24.5 Å². The summed E-state index contributed by atoms with van der Waals surface area (Å²) in [6.45, 7) is 0.519. The molecule has 0 radical (unpaired) electrons. The second-order valence-electron chi connectivity index (χ2n) is 5.33. The molecule has 1 amide bonds. The van der Waals surface area contributed by atoms with Crippen molar-refractivity contribution in [3.05, 3.63) is 41.3 Å². The molecule has 2 aromatic heterocycles. The van der Waals surface area contributed by atoms with E-state index in [1.54, 1.807) is 18.4 Å². The number of carbonyl (C=O) groups excluding carboxylic acids is 1. The molecule has 3 rings (SSSR count). The number of nitrogens with zero attached hydrogens (tertiary/aromatic N) is 2. The van der Waals surface area contributed by atoms with Crippen LogP contribution in [-0.2, 0) is 11.3 Å². The maximum Gasteiger partial charge on any atom is 0.234 e. The number of methoxy groups -OCH3 is 2. The fourth-order valence-corrected chi connectivity index (χ4v) is 3.98. The standard InChI is InChI=1S/C17H17ClN4O4S2/c1-24-13-7-14(25-2)12(6-11(13)18)20-15(23)9-27-17-22-21-16(28-17)19-8-10-4-3-5-26-10/h3-7H,8-9H2,1-2H3,(H,19,21)(H,20,23). The minimum absolute atomic E-state index is 0.166. The van der Waals surface area contributed by atoms with E-state index >= 15 is 0 Å². The zero-order chi connectivity index (χ0) is 19.9. The van der Waals surface area contributed by atoms with Crippen LogP contribution in [0.4, 0.5) is 10.8 Å². The number of hydrogen-bond acceptors (Lipinski definition) is 9. The maximum absolute atomic E-state index is 12.3. The predicted molar refractivity (Wildman–Crippen MR) is 110 cm³/mol. The molecule has 0 fully saturated rings. The van der Waals surface area contributed by atoms with Crippen LogP contribution in [0, 0.1) is 0 Å². The van der Waals surface area contributed by atoms with Crippen LogP contribution in [0.25, 0.3) is 0 Å². The van der Waals surface area contributed by atoms with Crippen molar-refractivity contribution in [2.75, 3.05) is 30.6 Å². The molecule has 0 aliphatic rings. The monoisotopic (exact) mass is 440 g/mol. The summed E-state index contributed by atoms with van der Waals surface area (Å²) in [6.07, 6.45) is 1.61. The van der Waals surface area contributed by atoms with Crippen LogP contribution in [0.5, 0.6) is 11.5 Å². The van der Waals surface area contributed by atoms with Crippen LogP contribution in [0.1, 0.15) is 5.76 Å². The van der Waals surface area contributed by atoms with Gasteiger partial charge in [0.1, 0.15) is 17.3 Å². The van der Waals surface area contributed by atoms with Gasteiger partial charge in [0.05, 0.1) is 43.5 Å². The average Bonchev–Trinajstić information content (AvgIpc) is 3.37. The first-order chi connectivity index (χ1) is 13.6.